The lowest BCUT2D eigenvalue weighted by Crippen LogP contribution is -2.33. The minimum Gasteiger partial charge on any atom is -0.395 e. The van der Waals surface area contributed by atoms with Gasteiger partial charge in [-0.25, -0.2) is 4.39 Å². The van der Waals surface area contributed by atoms with E-state index in [1.807, 2.05) is 0 Å². The zero-order valence-electron chi connectivity index (χ0n) is 8.91. The van der Waals surface area contributed by atoms with E-state index < -0.39 is 5.82 Å². The van der Waals surface area contributed by atoms with E-state index >= 15 is 0 Å². The molecule has 0 saturated carbocycles. The second-order valence-corrected chi connectivity index (χ2v) is 3.64. The molecule has 5 heteroatoms. The van der Waals surface area contributed by atoms with Gasteiger partial charge in [0.05, 0.1) is 11.6 Å². The number of halogens is 2. The van der Waals surface area contributed by atoms with Gasteiger partial charge in [0, 0.05) is 18.7 Å². The molecule has 0 spiro atoms. The van der Waals surface area contributed by atoms with Crippen molar-refractivity contribution in [1.82, 2.24) is 4.90 Å². The van der Waals surface area contributed by atoms with Crippen LogP contribution < -0.4 is 0 Å². The van der Waals surface area contributed by atoms with Gasteiger partial charge in [0.25, 0.3) is 5.91 Å². The summed E-state index contributed by atoms with van der Waals surface area (Å²) in [4.78, 5) is 13.3. The Labute approximate surface area is 98.4 Å². The molecular formula is C11H13ClFNO2. The van der Waals surface area contributed by atoms with E-state index in [1.54, 1.807) is 6.92 Å². The van der Waals surface area contributed by atoms with Crippen LogP contribution in [-0.2, 0) is 0 Å². The van der Waals surface area contributed by atoms with Gasteiger partial charge in [0.2, 0.25) is 0 Å². The molecule has 0 aromatic heterocycles. The molecule has 1 amide bonds. The number of likely N-dealkylation sites (N-methyl/N-ethyl adjacent to an activating group) is 1. The van der Waals surface area contributed by atoms with Gasteiger partial charge in [0.15, 0.2) is 0 Å². The minimum absolute atomic E-state index is 0.0779. The highest BCUT2D eigenvalue weighted by atomic mass is 35.5. The van der Waals surface area contributed by atoms with Crippen molar-refractivity contribution < 1.29 is 14.3 Å². The molecule has 0 bridgehead atoms. The van der Waals surface area contributed by atoms with Crippen LogP contribution in [-0.4, -0.2) is 35.6 Å². The standard InChI is InChI=1S/C11H13ClFNO2/c1-2-14(5-6-15)11(16)8-3-4-10(13)9(12)7-8/h3-4,7,15H,2,5-6H2,1H3. The molecule has 1 aromatic rings. The zero-order valence-corrected chi connectivity index (χ0v) is 9.67. The molecular weight excluding hydrogens is 233 g/mol. The smallest absolute Gasteiger partial charge is 0.253 e. The zero-order chi connectivity index (χ0) is 12.1. The summed E-state index contributed by atoms with van der Waals surface area (Å²) in [5, 5.41) is 8.70. The lowest BCUT2D eigenvalue weighted by Gasteiger charge is -2.19. The summed E-state index contributed by atoms with van der Waals surface area (Å²) < 4.78 is 12.9. The fourth-order valence-electron chi connectivity index (χ4n) is 1.34. The Kier molecular flexibility index (Phi) is 4.71. The lowest BCUT2D eigenvalue weighted by molar-refractivity contribution is 0.0732. The first kappa shape index (κ1) is 12.9. The first-order chi connectivity index (χ1) is 7.60. The molecule has 1 N–H and O–H groups in total. The van der Waals surface area contributed by atoms with Crippen molar-refractivity contribution in [2.24, 2.45) is 0 Å². The summed E-state index contributed by atoms with van der Waals surface area (Å²) in [7, 11) is 0. The van der Waals surface area contributed by atoms with E-state index in [0.717, 1.165) is 6.07 Å². The number of carbonyl (C=O) groups is 1. The van der Waals surface area contributed by atoms with Crippen molar-refractivity contribution in [3.05, 3.63) is 34.6 Å². The van der Waals surface area contributed by atoms with Crippen LogP contribution in [0.5, 0.6) is 0 Å². The number of aliphatic hydroxyl groups is 1. The predicted molar refractivity (Wildman–Crippen MR) is 60.1 cm³/mol. The minimum atomic E-state index is -0.552. The predicted octanol–water partition coefficient (Wildman–Crippen LogP) is 1.93. The van der Waals surface area contributed by atoms with Gasteiger partial charge >= 0.3 is 0 Å². The Morgan fingerprint density at radius 3 is 2.75 bits per heavy atom. The highest BCUT2D eigenvalue weighted by Crippen LogP contribution is 2.17. The van der Waals surface area contributed by atoms with Gasteiger partial charge in [-0.1, -0.05) is 11.6 Å². The summed E-state index contributed by atoms with van der Waals surface area (Å²) in [6.45, 7) is 2.44. The van der Waals surface area contributed by atoms with Gasteiger partial charge in [-0.2, -0.15) is 0 Å². The van der Waals surface area contributed by atoms with Crippen LogP contribution in [0.4, 0.5) is 4.39 Å². The molecule has 88 valence electrons. The quantitative estimate of drug-likeness (QED) is 0.881. The molecule has 0 heterocycles. The molecule has 0 saturated heterocycles. The topological polar surface area (TPSA) is 40.5 Å². The molecule has 0 aliphatic carbocycles. The first-order valence-corrected chi connectivity index (χ1v) is 5.33. The van der Waals surface area contributed by atoms with Crippen molar-refractivity contribution in [3.63, 3.8) is 0 Å². The van der Waals surface area contributed by atoms with E-state index in [4.69, 9.17) is 16.7 Å². The van der Waals surface area contributed by atoms with Crippen LogP contribution in [0.1, 0.15) is 17.3 Å². The molecule has 1 aromatic carbocycles. The first-order valence-electron chi connectivity index (χ1n) is 4.95. The van der Waals surface area contributed by atoms with Crippen molar-refractivity contribution in [2.45, 2.75) is 6.92 Å². The Bertz CT molecular complexity index is 384. The molecule has 16 heavy (non-hydrogen) atoms. The molecule has 0 fully saturated rings. The van der Waals surface area contributed by atoms with E-state index in [-0.39, 0.29) is 24.1 Å². The maximum Gasteiger partial charge on any atom is 0.253 e. The fraction of sp³-hybridized carbons (Fsp3) is 0.364. The Balaban J connectivity index is 2.90. The van der Waals surface area contributed by atoms with Crippen molar-refractivity contribution in [1.29, 1.82) is 0 Å². The SMILES string of the molecule is CCN(CCO)C(=O)c1ccc(F)c(Cl)c1. The van der Waals surface area contributed by atoms with Gasteiger partial charge in [-0.15, -0.1) is 0 Å². The van der Waals surface area contributed by atoms with Crippen molar-refractivity contribution >= 4 is 17.5 Å². The van der Waals surface area contributed by atoms with Crippen LogP contribution in [0.2, 0.25) is 5.02 Å². The third-order valence-corrected chi connectivity index (χ3v) is 2.50. The van der Waals surface area contributed by atoms with E-state index in [1.165, 1.54) is 17.0 Å². The summed E-state index contributed by atoms with van der Waals surface area (Å²) in [5.41, 5.74) is 0.321. The number of hydrogen-bond donors (Lipinski definition) is 1. The molecule has 0 aliphatic rings. The van der Waals surface area contributed by atoms with Crippen molar-refractivity contribution in [3.8, 4) is 0 Å². The number of nitrogens with zero attached hydrogens (tertiary/aromatic N) is 1. The van der Waals surface area contributed by atoms with Crippen LogP contribution in [0, 0.1) is 5.82 Å². The average Bonchev–Trinajstić information content (AvgIpc) is 2.28. The second-order valence-electron chi connectivity index (χ2n) is 3.24. The normalized spacial score (nSPS) is 10.2. The highest BCUT2D eigenvalue weighted by molar-refractivity contribution is 6.31. The molecule has 0 atom stereocenters. The van der Waals surface area contributed by atoms with Crippen LogP contribution >= 0.6 is 11.6 Å². The van der Waals surface area contributed by atoms with Gasteiger partial charge in [-0.05, 0) is 25.1 Å². The third kappa shape index (κ3) is 2.93. The Morgan fingerprint density at radius 1 is 1.56 bits per heavy atom. The monoisotopic (exact) mass is 245 g/mol. The maximum absolute atomic E-state index is 12.9. The Hall–Kier alpha value is -1.13. The average molecular weight is 246 g/mol. The number of rotatable bonds is 4. The molecule has 1 rings (SSSR count). The highest BCUT2D eigenvalue weighted by Gasteiger charge is 2.14. The van der Waals surface area contributed by atoms with Crippen LogP contribution in [0.25, 0.3) is 0 Å². The maximum atomic E-state index is 12.9. The Morgan fingerprint density at radius 2 is 2.25 bits per heavy atom. The van der Waals surface area contributed by atoms with Gasteiger partial charge in [0.1, 0.15) is 5.82 Å². The number of hydrogen-bond acceptors (Lipinski definition) is 2. The lowest BCUT2D eigenvalue weighted by atomic mass is 10.2. The van der Waals surface area contributed by atoms with Gasteiger partial charge < -0.3 is 10.0 Å². The molecule has 0 radical (unpaired) electrons. The number of benzene rings is 1. The summed E-state index contributed by atoms with van der Waals surface area (Å²) in [5.74, 6) is -0.818. The molecule has 0 aliphatic heterocycles. The summed E-state index contributed by atoms with van der Waals surface area (Å²) in [6, 6.07) is 3.82. The second kappa shape index (κ2) is 5.82. The summed E-state index contributed by atoms with van der Waals surface area (Å²) in [6.07, 6.45) is 0. The summed E-state index contributed by atoms with van der Waals surface area (Å²) >= 11 is 5.59. The van der Waals surface area contributed by atoms with Crippen molar-refractivity contribution in [2.75, 3.05) is 19.7 Å². The fourth-order valence-corrected chi connectivity index (χ4v) is 1.52. The number of amides is 1. The van der Waals surface area contributed by atoms with Crippen LogP contribution in [0.15, 0.2) is 18.2 Å². The number of aliphatic hydroxyl groups excluding tert-OH is 1. The van der Waals surface area contributed by atoms with E-state index in [2.05, 4.69) is 0 Å². The molecule has 0 unspecified atom stereocenters. The van der Waals surface area contributed by atoms with E-state index in [9.17, 15) is 9.18 Å². The largest absolute Gasteiger partial charge is 0.395 e. The molecule has 3 nitrogen and oxygen atoms in total. The van der Waals surface area contributed by atoms with E-state index in [0.29, 0.717) is 12.1 Å². The third-order valence-electron chi connectivity index (χ3n) is 2.21. The van der Waals surface area contributed by atoms with Crippen LogP contribution in [0.3, 0.4) is 0 Å². The van der Waals surface area contributed by atoms with Gasteiger partial charge in [-0.3, -0.25) is 4.79 Å². The number of carbonyl (C=O) groups excluding carboxylic acids is 1.